The summed E-state index contributed by atoms with van der Waals surface area (Å²) in [5, 5.41) is 0. The first-order valence-electron chi connectivity index (χ1n) is 13.9. The van der Waals surface area contributed by atoms with Gasteiger partial charge in [0.2, 0.25) is 16.8 Å². The zero-order valence-corrected chi connectivity index (χ0v) is 26.0. The molecule has 3 aromatic rings. The molecule has 4 heterocycles. The van der Waals surface area contributed by atoms with E-state index in [4.69, 9.17) is 14.2 Å². The number of morpholine rings is 1. The number of carbonyl (C=O) groups excluding carboxylic acids is 3. The number of hydrogen-bond donors (Lipinski definition) is 1. The number of methoxy groups -OCH3 is 1. The number of hydrogen-bond acceptors (Lipinski definition) is 10. The molecule has 2 aromatic carbocycles. The predicted octanol–water partition coefficient (Wildman–Crippen LogP) is 4.08. The molecule has 3 aliphatic heterocycles. The molecule has 1 N–H and O–H groups in total. The van der Waals surface area contributed by atoms with Crippen molar-refractivity contribution in [2.75, 3.05) is 32.3 Å². The van der Waals surface area contributed by atoms with Crippen LogP contribution in [-0.4, -0.2) is 66.2 Å². The zero-order valence-electron chi connectivity index (χ0n) is 25.2. The fraction of sp³-hybridized carbons (Fsp3) is 0.312. The Labute approximate surface area is 267 Å². The highest BCUT2D eigenvalue weighted by Gasteiger charge is 2.39. The molecule has 1 aromatic heterocycles. The van der Waals surface area contributed by atoms with Crippen LogP contribution in [0.5, 0.6) is 5.75 Å². The lowest BCUT2D eigenvalue weighted by atomic mass is 10.0. The van der Waals surface area contributed by atoms with Gasteiger partial charge in [0.1, 0.15) is 6.17 Å². The molecule has 14 heteroatoms. The van der Waals surface area contributed by atoms with Gasteiger partial charge in [-0.15, -0.1) is 24.6 Å². The van der Waals surface area contributed by atoms with Gasteiger partial charge in [-0.3, -0.25) is 14.3 Å². The summed E-state index contributed by atoms with van der Waals surface area (Å²) < 4.78 is 48.0. The minimum Gasteiger partial charge on any atom is -0.466 e. The van der Waals surface area contributed by atoms with Crippen LogP contribution in [0.3, 0.4) is 0 Å². The van der Waals surface area contributed by atoms with Crippen LogP contribution < -0.4 is 15.6 Å². The van der Waals surface area contributed by atoms with Crippen molar-refractivity contribution in [2.45, 2.75) is 42.7 Å². The Kier molecular flexibility index (Phi) is 10.7. The highest BCUT2D eigenvalue weighted by molar-refractivity contribution is 7.98. The molecular formula is C32H31F2N3O8S. The Hall–Kier alpha value is -4.87. The van der Waals surface area contributed by atoms with Crippen LogP contribution in [-0.2, 0) is 31.2 Å². The number of nitrogens with one attached hydrogen (secondary N) is 1. The molecule has 0 bridgehead atoms. The van der Waals surface area contributed by atoms with E-state index in [1.54, 1.807) is 17.8 Å². The minimum atomic E-state index is -1.63. The maximum absolute atomic E-state index is 13.7. The number of benzene rings is 2. The maximum Gasteiger partial charge on any atom is 0.515 e. The molecule has 0 unspecified atom stereocenters. The van der Waals surface area contributed by atoms with Gasteiger partial charge in [0.15, 0.2) is 17.3 Å². The first-order valence-corrected chi connectivity index (χ1v) is 14.9. The average molecular weight is 656 g/mol. The van der Waals surface area contributed by atoms with E-state index in [1.165, 1.54) is 41.3 Å². The lowest BCUT2D eigenvalue weighted by Gasteiger charge is -2.41. The molecule has 46 heavy (non-hydrogen) atoms. The van der Waals surface area contributed by atoms with E-state index in [0.717, 1.165) is 23.6 Å². The number of ether oxygens (including phenoxy) is 4. The number of pyridine rings is 1. The Morgan fingerprint density at radius 2 is 1.83 bits per heavy atom. The summed E-state index contributed by atoms with van der Waals surface area (Å²) in [6.07, 6.45) is 8.32. The second-order valence-electron chi connectivity index (χ2n) is 10.5. The molecule has 1 atom stereocenters. The third kappa shape index (κ3) is 7.16. The van der Waals surface area contributed by atoms with Crippen LogP contribution in [0.4, 0.5) is 13.6 Å². The van der Waals surface area contributed by atoms with Gasteiger partial charge in [-0.2, -0.15) is 0 Å². The van der Waals surface area contributed by atoms with Crippen LogP contribution in [0.25, 0.3) is 0 Å². The lowest BCUT2D eigenvalue weighted by Crippen LogP contribution is -2.59. The van der Waals surface area contributed by atoms with Crippen molar-refractivity contribution in [3.8, 4) is 18.6 Å². The zero-order chi connectivity index (χ0) is 33.6. The van der Waals surface area contributed by atoms with E-state index < -0.39 is 52.6 Å². The van der Waals surface area contributed by atoms with Crippen molar-refractivity contribution in [2.24, 2.45) is 0 Å². The summed E-state index contributed by atoms with van der Waals surface area (Å²) in [5.41, 5.74) is 3.12. The predicted molar refractivity (Wildman–Crippen MR) is 164 cm³/mol. The van der Waals surface area contributed by atoms with E-state index in [0.29, 0.717) is 30.9 Å². The van der Waals surface area contributed by atoms with Crippen LogP contribution in [0.2, 0.25) is 0 Å². The van der Waals surface area contributed by atoms with Gasteiger partial charge in [-0.25, -0.2) is 18.4 Å². The molecule has 0 radical (unpaired) electrons. The van der Waals surface area contributed by atoms with Crippen molar-refractivity contribution in [1.29, 1.82) is 0 Å². The Morgan fingerprint density at radius 1 is 1.09 bits per heavy atom. The van der Waals surface area contributed by atoms with E-state index in [9.17, 15) is 28.0 Å². The standard InChI is InChI=1S/C16H19N3O8.C14H10F2S.C2H2/c1-16(2,14(22)24-3)27-15(23)26-12-9(20)4-5-19-11(12)13(21)18-6-7-25-8-10(18)17-19;15-12-6-5-9-7-10-3-1-2-4-13(10)17-8-11(9)14(12)16;1-2/h4-5,10,17H,6-8H2,1-3H3;1-6H,7-8H2;1-2H/t10-;;/m0../s1. The summed E-state index contributed by atoms with van der Waals surface area (Å²) in [6, 6.07) is 12.1. The Morgan fingerprint density at radius 3 is 2.57 bits per heavy atom. The fourth-order valence-corrected chi connectivity index (χ4v) is 5.99. The molecule has 3 aliphatic rings. The third-order valence-corrected chi connectivity index (χ3v) is 8.30. The first-order chi connectivity index (χ1) is 22.0. The van der Waals surface area contributed by atoms with Crippen molar-refractivity contribution in [1.82, 2.24) is 9.58 Å². The number of carbonyl (C=O) groups is 3. The molecule has 1 saturated heterocycles. The number of rotatable bonds is 3. The number of esters is 1. The summed E-state index contributed by atoms with van der Waals surface area (Å²) in [5.74, 6) is -2.74. The largest absolute Gasteiger partial charge is 0.515 e. The SMILES string of the molecule is C#C.COC(=O)C(C)(C)OC(=O)Oc1c2n(ccc1=O)N[C@@H]1COCCN1C2=O.Fc1ccc2c(c1F)CSc1ccccc1C2. The minimum absolute atomic E-state index is 0.145. The van der Waals surface area contributed by atoms with Crippen molar-refractivity contribution in [3.63, 3.8) is 0 Å². The number of halogens is 2. The topological polar surface area (TPSA) is 125 Å². The van der Waals surface area contributed by atoms with Crippen molar-refractivity contribution in [3.05, 3.63) is 92.9 Å². The highest BCUT2D eigenvalue weighted by Crippen LogP contribution is 2.35. The number of nitrogens with zero attached hydrogens (tertiary/aromatic N) is 2. The summed E-state index contributed by atoms with van der Waals surface area (Å²) in [4.78, 5) is 51.4. The van der Waals surface area contributed by atoms with Crippen molar-refractivity contribution >= 4 is 29.8 Å². The van der Waals surface area contributed by atoms with Crippen LogP contribution in [0.1, 0.15) is 41.0 Å². The molecule has 1 amide bonds. The normalized spacial score (nSPS) is 16.1. The Balaban J connectivity index is 0.000000216. The molecular weight excluding hydrogens is 624 g/mol. The molecule has 0 aliphatic carbocycles. The summed E-state index contributed by atoms with van der Waals surface area (Å²) in [6.45, 7) is 3.56. The highest BCUT2D eigenvalue weighted by atomic mass is 32.2. The van der Waals surface area contributed by atoms with Crippen LogP contribution in [0.15, 0.2) is 58.4 Å². The van der Waals surface area contributed by atoms with E-state index in [1.807, 2.05) is 24.3 Å². The fourth-order valence-electron chi connectivity index (χ4n) is 4.88. The number of fused-ring (bicyclic) bond motifs is 4. The molecule has 0 saturated carbocycles. The van der Waals surface area contributed by atoms with Gasteiger partial charge >= 0.3 is 12.1 Å². The number of thioether (sulfide) groups is 1. The monoisotopic (exact) mass is 655 g/mol. The van der Waals surface area contributed by atoms with E-state index in [2.05, 4.69) is 23.0 Å². The molecule has 242 valence electrons. The maximum atomic E-state index is 13.7. The van der Waals surface area contributed by atoms with Gasteiger partial charge in [0.25, 0.3) is 5.91 Å². The van der Waals surface area contributed by atoms with E-state index in [-0.39, 0.29) is 12.3 Å². The van der Waals surface area contributed by atoms with Gasteiger partial charge in [-0.05, 0) is 43.5 Å². The second kappa shape index (κ2) is 14.5. The lowest BCUT2D eigenvalue weighted by molar-refractivity contribution is -0.160. The summed E-state index contributed by atoms with van der Waals surface area (Å²) in [7, 11) is 1.14. The number of amides is 1. The van der Waals surface area contributed by atoms with Gasteiger partial charge in [-0.1, -0.05) is 24.3 Å². The van der Waals surface area contributed by atoms with Gasteiger partial charge in [0, 0.05) is 35.0 Å². The number of aromatic nitrogens is 1. The quantitative estimate of drug-likeness (QED) is 0.326. The van der Waals surface area contributed by atoms with Gasteiger partial charge < -0.3 is 29.3 Å². The van der Waals surface area contributed by atoms with Crippen LogP contribution in [0, 0.1) is 24.5 Å². The Bertz CT molecular complexity index is 1730. The molecule has 1 fully saturated rings. The van der Waals surface area contributed by atoms with Crippen molar-refractivity contribution < 1.29 is 42.1 Å². The molecule has 11 nitrogen and oxygen atoms in total. The average Bonchev–Trinajstić information content (AvgIpc) is 3.25. The summed E-state index contributed by atoms with van der Waals surface area (Å²) >= 11 is 1.57. The molecule has 6 rings (SSSR count). The smallest absolute Gasteiger partial charge is 0.466 e. The molecule has 0 spiro atoms. The second-order valence-corrected chi connectivity index (χ2v) is 11.5. The first kappa shape index (κ1) is 34.0. The third-order valence-electron chi connectivity index (χ3n) is 7.15. The van der Waals surface area contributed by atoms with Gasteiger partial charge in [0.05, 0.1) is 20.3 Å². The number of terminal acetylenes is 1. The van der Waals surface area contributed by atoms with Crippen LogP contribution >= 0.6 is 11.8 Å². The van der Waals surface area contributed by atoms with E-state index >= 15 is 0 Å².